The number of carboxylic acids is 1. The highest BCUT2D eigenvalue weighted by atomic mass is 35.5. The van der Waals surface area contributed by atoms with Crippen LogP contribution in [-0.4, -0.2) is 16.1 Å². The van der Waals surface area contributed by atoms with Crippen molar-refractivity contribution in [1.82, 2.24) is 4.98 Å². The fraction of sp³-hybridized carbons (Fsp3) is 0. The van der Waals surface area contributed by atoms with Gasteiger partial charge < -0.3 is 15.6 Å². The molecule has 0 fully saturated rings. The van der Waals surface area contributed by atoms with Gasteiger partial charge in [-0.05, 0) is 12.1 Å². The van der Waals surface area contributed by atoms with Crippen molar-refractivity contribution in [2.45, 2.75) is 0 Å². The number of rotatable bonds is 3. The summed E-state index contributed by atoms with van der Waals surface area (Å²) >= 11 is 5.60. The van der Waals surface area contributed by atoms with Crippen LogP contribution in [0, 0.1) is 5.82 Å². The molecule has 5 nitrogen and oxygen atoms in total. The Labute approximate surface area is 112 Å². The number of ether oxygens (including phenoxy) is 1. The molecule has 1 aromatic carbocycles. The number of aromatic nitrogens is 1. The Bertz CT molecular complexity index is 649. The van der Waals surface area contributed by atoms with Gasteiger partial charge in [0.15, 0.2) is 11.6 Å². The van der Waals surface area contributed by atoms with Crippen molar-refractivity contribution in [3.63, 3.8) is 0 Å². The average molecular weight is 283 g/mol. The van der Waals surface area contributed by atoms with Crippen LogP contribution in [0.2, 0.25) is 5.02 Å². The minimum atomic E-state index is -1.23. The van der Waals surface area contributed by atoms with Crippen LogP contribution in [-0.2, 0) is 0 Å². The van der Waals surface area contributed by atoms with Crippen molar-refractivity contribution >= 4 is 23.3 Å². The summed E-state index contributed by atoms with van der Waals surface area (Å²) in [7, 11) is 0. The molecule has 1 heterocycles. The van der Waals surface area contributed by atoms with Gasteiger partial charge in [-0.25, -0.2) is 14.2 Å². The SMILES string of the molecule is Nc1cnc(Oc2cccc(Cl)c2F)cc1C(=O)O. The van der Waals surface area contributed by atoms with Gasteiger partial charge in [0.2, 0.25) is 5.88 Å². The van der Waals surface area contributed by atoms with Crippen LogP contribution in [0.25, 0.3) is 0 Å². The van der Waals surface area contributed by atoms with Gasteiger partial charge in [-0.2, -0.15) is 0 Å². The van der Waals surface area contributed by atoms with E-state index in [1.54, 1.807) is 0 Å². The molecule has 2 aromatic rings. The molecule has 0 aliphatic carbocycles. The molecule has 2 rings (SSSR count). The normalized spacial score (nSPS) is 10.2. The van der Waals surface area contributed by atoms with E-state index in [4.69, 9.17) is 27.2 Å². The fourth-order valence-corrected chi connectivity index (χ4v) is 1.53. The zero-order valence-corrected chi connectivity index (χ0v) is 10.2. The highest BCUT2D eigenvalue weighted by Crippen LogP contribution is 2.28. The number of nitrogen functional groups attached to an aromatic ring is 1. The van der Waals surface area contributed by atoms with Crippen molar-refractivity contribution in [3.05, 3.63) is 46.9 Å². The van der Waals surface area contributed by atoms with E-state index < -0.39 is 11.8 Å². The van der Waals surface area contributed by atoms with Gasteiger partial charge in [-0.3, -0.25) is 0 Å². The number of nitrogens with zero attached hydrogens (tertiary/aromatic N) is 1. The largest absolute Gasteiger partial charge is 0.478 e. The summed E-state index contributed by atoms with van der Waals surface area (Å²) in [5.41, 5.74) is 5.26. The van der Waals surface area contributed by atoms with Crippen molar-refractivity contribution in [2.75, 3.05) is 5.73 Å². The Morgan fingerprint density at radius 2 is 2.21 bits per heavy atom. The van der Waals surface area contributed by atoms with E-state index >= 15 is 0 Å². The maximum atomic E-state index is 13.6. The van der Waals surface area contributed by atoms with Gasteiger partial charge in [0.25, 0.3) is 0 Å². The first-order chi connectivity index (χ1) is 8.99. The van der Waals surface area contributed by atoms with Crippen LogP contribution in [0.3, 0.4) is 0 Å². The Morgan fingerprint density at radius 1 is 1.47 bits per heavy atom. The lowest BCUT2D eigenvalue weighted by Crippen LogP contribution is -2.04. The lowest BCUT2D eigenvalue weighted by Gasteiger charge is -2.08. The Hall–Kier alpha value is -2.34. The summed E-state index contributed by atoms with van der Waals surface area (Å²) in [6.45, 7) is 0. The van der Waals surface area contributed by atoms with E-state index in [2.05, 4.69) is 4.98 Å². The van der Waals surface area contributed by atoms with E-state index in [1.807, 2.05) is 0 Å². The van der Waals surface area contributed by atoms with Crippen LogP contribution >= 0.6 is 11.6 Å². The van der Waals surface area contributed by atoms with Crippen molar-refractivity contribution < 1.29 is 19.0 Å². The molecule has 3 N–H and O–H groups in total. The van der Waals surface area contributed by atoms with Gasteiger partial charge in [-0.1, -0.05) is 17.7 Å². The van der Waals surface area contributed by atoms with E-state index in [0.29, 0.717) is 0 Å². The zero-order chi connectivity index (χ0) is 14.0. The maximum absolute atomic E-state index is 13.6. The number of carboxylic acid groups (broad SMARTS) is 1. The highest BCUT2D eigenvalue weighted by Gasteiger charge is 2.13. The molecule has 0 unspecified atom stereocenters. The predicted molar refractivity (Wildman–Crippen MR) is 67.1 cm³/mol. The minimum Gasteiger partial charge on any atom is -0.478 e. The number of anilines is 1. The van der Waals surface area contributed by atoms with Crippen molar-refractivity contribution in [1.29, 1.82) is 0 Å². The topological polar surface area (TPSA) is 85.4 Å². The quantitative estimate of drug-likeness (QED) is 0.904. The number of halogens is 2. The first kappa shape index (κ1) is 13.1. The van der Waals surface area contributed by atoms with Crippen LogP contribution in [0.1, 0.15) is 10.4 Å². The summed E-state index contributed by atoms with van der Waals surface area (Å²) in [5, 5.41) is 8.79. The van der Waals surface area contributed by atoms with Crippen LogP contribution in [0.15, 0.2) is 30.5 Å². The van der Waals surface area contributed by atoms with Crippen LogP contribution in [0.4, 0.5) is 10.1 Å². The number of benzene rings is 1. The van der Waals surface area contributed by atoms with Crippen molar-refractivity contribution in [3.8, 4) is 11.6 Å². The van der Waals surface area contributed by atoms with Crippen LogP contribution < -0.4 is 10.5 Å². The molecule has 7 heteroatoms. The molecule has 0 aliphatic heterocycles. The molecular formula is C12H8ClFN2O3. The second-order valence-corrected chi connectivity index (χ2v) is 3.98. The second-order valence-electron chi connectivity index (χ2n) is 3.57. The minimum absolute atomic E-state index is 0.00795. The van der Waals surface area contributed by atoms with E-state index in [1.165, 1.54) is 18.2 Å². The smallest absolute Gasteiger partial charge is 0.338 e. The first-order valence-corrected chi connectivity index (χ1v) is 5.47. The molecule has 1 aromatic heterocycles. The van der Waals surface area contributed by atoms with Crippen LogP contribution in [0.5, 0.6) is 11.6 Å². The molecule has 0 atom stereocenters. The summed E-state index contributed by atoms with van der Waals surface area (Å²) in [6, 6.07) is 5.32. The molecule has 0 saturated carbocycles. The van der Waals surface area contributed by atoms with Gasteiger partial charge >= 0.3 is 5.97 Å². The Kier molecular flexibility index (Phi) is 3.52. The standard InChI is InChI=1S/C12H8ClFN2O3/c13-7-2-1-3-9(11(7)14)19-10-4-6(12(17)18)8(15)5-16-10/h1-5H,15H2,(H,17,18). The third kappa shape index (κ3) is 2.74. The van der Waals surface area contributed by atoms with E-state index in [0.717, 1.165) is 12.3 Å². The molecule has 0 aliphatic rings. The molecule has 0 amide bonds. The molecule has 0 saturated heterocycles. The van der Waals surface area contributed by atoms with E-state index in [9.17, 15) is 9.18 Å². The lowest BCUT2D eigenvalue weighted by atomic mass is 10.2. The molecule has 0 spiro atoms. The third-order valence-corrected chi connectivity index (χ3v) is 2.56. The van der Waals surface area contributed by atoms with Gasteiger partial charge in [0.05, 0.1) is 22.5 Å². The number of nitrogens with two attached hydrogens (primary N) is 1. The Morgan fingerprint density at radius 3 is 2.89 bits per heavy atom. The maximum Gasteiger partial charge on any atom is 0.338 e. The van der Waals surface area contributed by atoms with Gasteiger partial charge in [0, 0.05) is 6.07 Å². The van der Waals surface area contributed by atoms with Gasteiger partial charge in [0.1, 0.15) is 0 Å². The summed E-state index contributed by atoms with van der Waals surface area (Å²) < 4.78 is 18.7. The number of hydrogen-bond acceptors (Lipinski definition) is 4. The number of aromatic carboxylic acids is 1. The summed E-state index contributed by atoms with van der Waals surface area (Å²) in [5.74, 6) is -2.22. The summed E-state index contributed by atoms with van der Waals surface area (Å²) in [4.78, 5) is 14.7. The monoisotopic (exact) mass is 282 g/mol. The average Bonchev–Trinajstić information content (AvgIpc) is 2.37. The molecular weight excluding hydrogens is 275 g/mol. The zero-order valence-electron chi connectivity index (χ0n) is 9.43. The second kappa shape index (κ2) is 5.11. The molecule has 19 heavy (non-hydrogen) atoms. The first-order valence-electron chi connectivity index (χ1n) is 5.09. The van der Waals surface area contributed by atoms with Gasteiger partial charge in [-0.15, -0.1) is 0 Å². The molecule has 98 valence electrons. The van der Waals surface area contributed by atoms with Crippen molar-refractivity contribution in [2.24, 2.45) is 0 Å². The highest BCUT2D eigenvalue weighted by molar-refractivity contribution is 6.30. The summed E-state index contributed by atoms with van der Waals surface area (Å²) in [6.07, 6.45) is 1.13. The lowest BCUT2D eigenvalue weighted by molar-refractivity contribution is 0.0697. The fourth-order valence-electron chi connectivity index (χ4n) is 1.36. The predicted octanol–water partition coefficient (Wildman–Crippen LogP) is 2.95. The molecule has 0 bridgehead atoms. The Balaban J connectivity index is 2.36. The number of pyridine rings is 1. The molecule has 0 radical (unpaired) electrons. The number of carbonyl (C=O) groups is 1. The third-order valence-electron chi connectivity index (χ3n) is 2.27. The number of hydrogen-bond donors (Lipinski definition) is 2. The van der Waals surface area contributed by atoms with E-state index in [-0.39, 0.29) is 27.9 Å².